The first kappa shape index (κ1) is 26.5. The normalized spacial score (nSPS) is 12.1. The molecular weight excluding hydrogens is 466 g/mol. The molecule has 0 saturated heterocycles. The Morgan fingerprint density at radius 1 is 1.18 bits per heavy atom. The summed E-state index contributed by atoms with van der Waals surface area (Å²) in [5.41, 5.74) is 1.70. The number of halogens is 1. The molecule has 0 aliphatic carbocycles. The predicted octanol–water partition coefficient (Wildman–Crippen LogP) is 2.98. The Morgan fingerprint density at radius 3 is 2.48 bits per heavy atom. The van der Waals surface area contributed by atoms with Crippen LogP contribution in [0.3, 0.4) is 0 Å². The summed E-state index contributed by atoms with van der Waals surface area (Å²) in [5.74, 6) is -0.252. The molecule has 2 amide bonds. The molecule has 1 N–H and O–H groups in total. The van der Waals surface area contributed by atoms with E-state index in [1.165, 1.54) is 18.1 Å². The molecule has 0 aliphatic rings. The van der Waals surface area contributed by atoms with Crippen molar-refractivity contribution in [3.05, 3.63) is 58.6 Å². The quantitative estimate of drug-likeness (QED) is 0.546. The van der Waals surface area contributed by atoms with Crippen LogP contribution >= 0.6 is 11.6 Å². The summed E-state index contributed by atoms with van der Waals surface area (Å²) >= 11 is 6.09. The SMILES string of the molecule is CCNC(=O)C(C)N(Cc1cccc(OC)c1)C(=O)CN(c1cc(Cl)ccc1C)S(C)(=O)=O. The van der Waals surface area contributed by atoms with Crippen molar-refractivity contribution in [3.8, 4) is 5.75 Å². The van der Waals surface area contributed by atoms with E-state index < -0.39 is 28.5 Å². The van der Waals surface area contributed by atoms with Gasteiger partial charge in [-0.3, -0.25) is 13.9 Å². The molecule has 33 heavy (non-hydrogen) atoms. The standard InChI is InChI=1S/C23H30ClN3O5S/c1-6-25-23(29)17(3)26(14-18-8-7-9-20(12-18)32-4)22(28)15-27(33(5,30)31)21-13-19(24)11-10-16(21)2/h7-13,17H,6,14-15H2,1-5H3,(H,25,29). The Bertz CT molecular complexity index is 1110. The van der Waals surface area contributed by atoms with E-state index in [0.29, 0.717) is 28.6 Å². The fourth-order valence-corrected chi connectivity index (χ4v) is 4.38. The smallest absolute Gasteiger partial charge is 0.244 e. The number of amides is 2. The summed E-state index contributed by atoms with van der Waals surface area (Å²) in [4.78, 5) is 27.4. The summed E-state index contributed by atoms with van der Waals surface area (Å²) in [6.07, 6.45) is 1.03. The molecule has 0 radical (unpaired) electrons. The maximum Gasteiger partial charge on any atom is 0.244 e. The Morgan fingerprint density at radius 2 is 1.88 bits per heavy atom. The Kier molecular flexibility index (Phi) is 9.13. The molecule has 0 bridgehead atoms. The highest BCUT2D eigenvalue weighted by atomic mass is 35.5. The average molecular weight is 496 g/mol. The number of carbonyl (C=O) groups is 2. The maximum absolute atomic E-state index is 13.5. The van der Waals surface area contributed by atoms with E-state index >= 15 is 0 Å². The first-order valence-corrected chi connectivity index (χ1v) is 12.6. The second-order valence-corrected chi connectivity index (χ2v) is 9.99. The minimum absolute atomic E-state index is 0.0977. The zero-order chi connectivity index (χ0) is 24.8. The summed E-state index contributed by atoms with van der Waals surface area (Å²) in [6, 6.07) is 11.1. The Labute approximate surface area is 200 Å². The number of benzene rings is 2. The molecule has 1 atom stereocenters. The average Bonchev–Trinajstić information content (AvgIpc) is 2.76. The summed E-state index contributed by atoms with van der Waals surface area (Å²) in [5, 5.41) is 3.06. The van der Waals surface area contributed by atoms with Crippen LogP contribution in [0.1, 0.15) is 25.0 Å². The van der Waals surface area contributed by atoms with Gasteiger partial charge in [-0.1, -0.05) is 29.8 Å². The molecule has 2 rings (SSSR count). The van der Waals surface area contributed by atoms with Gasteiger partial charge in [0.1, 0.15) is 18.3 Å². The van der Waals surface area contributed by atoms with Gasteiger partial charge in [0.25, 0.3) is 0 Å². The molecule has 2 aromatic carbocycles. The third-order valence-electron chi connectivity index (χ3n) is 5.12. The van der Waals surface area contributed by atoms with E-state index in [-0.39, 0.29) is 12.5 Å². The number of nitrogens with zero attached hydrogens (tertiary/aromatic N) is 2. The van der Waals surface area contributed by atoms with Crippen LogP contribution < -0.4 is 14.4 Å². The fourth-order valence-electron chi connectivity index (χ4n) is 3.32. The van der Waals surface area contributed by atoms with E-state index in [1.807, 2.05) is 6.07 Å². The molecule has 1 unspecified atom stereocenters. The van der Waals surface area contributed by atoms with Gasteiger partial charge in [-0.05, 0) is 56.2 Å². The summed E-state index contributed by atoms with van der Waals surface area (Å²) in [7, 11) is -2.28. The number of carbonyl (C=O) groups excluding carboxylic acids is 2. The van der Waals surface area contributed by atoms with Gasteiger partial charge in [-0.2, -0.15) is 0 Å². The van der Waals surface area contributed by atoms with Gasteiger partial charge in [0.05, 0.1) is 19.1 Å². The second-order valence-electron chi connectivity index (χ2n) is 7.64. The number of sulfonamides is 1. The van der Waals surface area contributed by atoms with E-state index in [2.05, 4.69) is 5.32 Å². The van der Waals surface area contributed by atoms with Crippen LogP contribution in [0.15, 0.2) is 42.5 Å². The number of hydrogen-bond donors (Lipinski definition) is 1. The molecule has 0 aromatic heterocycles. The number of aryl methyl sites for hydroxylation is 1. The van der Waals surface area contributed by atoms with Gasteiger partial charge in [-0.25, -0.2) is 8.42 Å². The molecular formula is C23H30ClN3O5S. The Hall–Kier alpha value is -2.78. The van der Waals surface area contributed by atoms with Gasteiger partial charge in [0, 0.05) is 18.1 Å². The van der Waals surface area contributed by atoms with Crippen molar-refractivity contribution in [1.82, 2.24) is 10.2 Å². The summed E-state index contributed by atoms with van der Waals surface area (Å²) < 4.78 is 31.5. The number of ether oxygens (including phenoxy) is 1. The maximum atomic E-state index is 13.5. The lowest BCUT2D eigenvalue weighted by atomic mass is 10.1. The topological polar surface area (TPSA) is 96.0 Å². The van der Waals surface area contributed by atoms with E-state index in [9.17, 15) is 18.0 Å². The predicted molar refractivity (Wildman–Crippen MR) is 130 cm³/mol. The van der Waals surface area contributed by atoms with Gasteiger partial charge < -0.3 is 15.0 Å². The lowest BCUT2D eigenvalue weighted by Crippen LogP contribution is -2.51. The van der Waals surface area contributed by atoms with E-state index in [1.54, 1.807) is 51.1 Å². The molecule has 0 spiro atoms. The van der Waals surface area contributed by atoms with Gasteiger partial charge in [0.2, 0.25) is 21.8 Å². The zero-order valence-electron chi connectivity index (χ0n) is 19.5. The van der Waals surface area contributed by atoms with Crippen LogP contribution in [0.5, 0.6) is 5.75 Å². The van der Waals surface area contributed by atoms with Crippen LogP contribution in [0, 0.1) is 6.92 Å². The highest BCUT2D eigenvalue weighted by Crippen LogP contribution is 2.27. The molecule has 10 heteroatoms. The lowest BCUT2D eigenvalue weighted by molar-refractivity contribution is -0.139. The zero-order valence-corrected chi connectivity index (χ0v) is 21.0. The van der Waals surface area contributed by atoms with Gasteiger partial charge in [-0.15, -0.1) is 0 Å². The number of nitrogens with one attached hydrogen (secondary N) is 1. The Balaban J connectivity index is 2.44. The molecule has 0 aliphatic heterocycles. The van der Waals surface area contributed by atoms with Crippen molar-refractivity contribution in [1.29, 1.82) is 0 Å². The van der Waals surface area contributed by atoms with Crippen LogP contribution in [-0.4, -0.2) is 57.6 Å². The number of hydrogen-bond acceptors (Lipinski definition) is 5. The lowest BCUT2D eigenvalue weighted by Gasteiger charge is -2.32. The minimum Gasteiger partial charge on any atom is -0.497 e. The third-order valence-corrected chi connectivity index (χ3v) is 6.49. The van der Waals surface area contributed by atoms with Crippen LogP contribution in [0.25, 0.3) is 0 Å². The van der Waals surface area contributed by atoms with Crippen LogP contribution in [0.4, 0.5) is 5.69 Å². The molecule has 0 fully saturated rings. The van der Waals surface area contributed by atoms with E-state index in [4.69, 9.17) is 16.3 Å². The van der Waals surface area contributed by atoms with Crippen molar-refractivity contribution < 1.29 is 22.7 Å². The highest BCUT2D eigenvalue weighted by molar-refractivity contribution is 7.92. The molecule has 8 nitrogen and oxygen atoms in total. The van der Waals surface area contributed by atoms with Crippen molar-refractivity contribution in [2.45, 2.75) is 33.4 Å². The van der Waals surface area contributed by atoms with E-state index in [0.717, 1.165) is 16.1 Å². The number of rotatable bonds is 10. The number of anilines is 1. The molecule has 2 aromatic rings. The van der Waals surface area contributed by atoms with Crippen molar-refractivity contribution in [3.63, 3.8) is 0 Å². The van der Waals surface area contributed by atoms with Crippen LogP contribution in [-0.2, 0) is 26.2 Å². The number of methoxy groups -OCH3 is 1. The monoisotopic (exact) mass is 495 g/mol. The molecule has 0 saturated carbocycles. The minimum atomic E-state index is -3.82. The van der Waals surface area contributed by atoms with Gasteiger partial charge in [0.15, 0.2) is 0 Å². The van der Waals surface area contributed by atoms with Crippen molar-refractivity contribution >= 4 is 39.1 Å². The second kappa shape index (κ2) is 11.4. The third kappa shape index (κ3) is 7.10. The fraction of sp³-hybridized carbons (Fsp3) is 0.391. The highest BCUT2D eigenvalue weighted by Gasteiger charge is 2.30. The van der Waals surface area contributed by atoms with Crippen LogP contribution in [0.2, 0.25) is 5.02 Å². The largest absolute Gasteiger partial charge is 0.497 e. The van der Waals surface area contributed by atoms with Crippen molar-refractivity contribution in [2.75, 3.05) is 30.8 Å². The first-order chi connectivity index (χ1) is 15.5. The van der Waals surface area contributed by atoms with Gasteiger partial charge >= 0.3 is 0 Å². The summed E-state index contributed by atoms with van der Waals surface area (Å²) in [6.45, 7) is 5.15. The van der Waals surface area contributed by atoms with Crippen molar-refractivity contribution in [2.24, 2.45) is 0 Å². The molecule has 0 heterocycles. The number of likely N-dealkylation sites (N-methyl/N-ethyl adjacent to an activating group) is 1. The molecule has 180 valence electrons. The first-order valence-electron chi connectivity index (χ1n) is 10.4.